The maximum absolute atomic E-state index is 12.0. The number of hydrogen-bond donors (Lipinski definition) is 1. The van der Waals surface area contributed by atoms with Gasteiger partial charge in [0, 0.05) is 0 Å². The van der Waals surface area contributed by atoms with Crippen molar-refractivity contribution in [2.75, 3.05) is 0 Å². The maximum atomic E-state index is 12.0. The van der Waals surface area contributed by atoms with Crippen LogP contribution in [0.1, 0.15) is 50.3 Å². The molecule has 2 aromatic rings. The molecule has 0 aromatic carbocycles. The van der Waals surface area contributed by atoms with E-state index in [0.717, 1.165) is 37.1 Å². The van der Waals surface area contributed by atoms with Crippen molar-refractivity contribution >= 4 is 21.4 Å². The number of sulfonamides is 1. The summed E-state index contributed by atoms with van der Waals surface area (Å²) in [6.07, 6.45) is 6.38. The van der Waals surface area contributed by atoms with Gasteiger partial charge in [-0.05, 0) is 43.2 Å². The summed E-state index contributed by atoms with van der Waals surface area (Å²) in [5.74, 6) is 0. The Labute approximate surface area is 140 Å². The van der Waals surface area contributed by atoms with Crippen molar-refractivity contribution in [1.82, 2.24) is 14.5 Å². The molecule has 0 saturated heterocycles. The van der Waals surface area contributed by atoms with Crippen molar-refractivity contribution in [2.45, 2.75) is 56.4 Å². The van der Waals surface area contributed by atoms with Crippen molar-refractivity contribution in [1.29, 1.82) is 0 Å². The molecule has 0 amide bonds. The zero-order valence-electron chi connectivity index (χ0n) is 12.9. The van der Waals surface area contributed by atoms with Crippen molar-refractivity contribution in [3.05, 3.63) is 29.3 Å². The zero-order chi connectivity index (χ0) is 15.9. The van der Waals surface area contributed by atoms with Gasteiger partial charge in [-0.25, -0.2) is 13.1 Å². The normalized spacial score (nSPS) is 19.5. The minimum atomic E-state index is -3.16. The number of rotatable bonds is 6. The molecule has 0 unspecified atom stereocenters. The third kappa shape index (κ3) is 3.22. The molecule has 4 rings (SSSR count). The first-order valence-electron chi connectivity index (χ1n) is 8.24. The predicted octanol–water partition coefficient (Wildman–Crippen LogP) is 3.31. The highest BCUT2D eigenvalue weighted by Gasteiger charge is 2.35. The summed E-state index contributed by atoms with van der Waals surface area (Å²) in [4.78, 5) is 1.20. The molecule has 2 aliphatic carbocycles. The number of thiophene rings is 1. The van der Waals surface area contributed by atoms with E-state index >= 15 is 0 Å². The number of nitrogens with zero attached hydrogens (tertiary/aromatic N) is 2. The second kappa shape index (κ2) is 6.03. The van der Waals surface area contributed by atoms with Gasteiger partial charge in [-0.15, -0.1) is 11.3 Å². The van der Waals surface area contributed by atoms with Crippen LogP contribution in [-0.4, -0.2) is 23.4 Å². The SMILES string of the molecule is O=S(=O)(NCc1cc(-c2cccs2)n(C2CCCC2)n1)C1CC1. The monoisotopic (exact) mass is 351 g/mol. The van der Waals surface area contributed by atoms with E-state index in [9.17, 15) is 8.42 Å². The first kappa shape index (κ1) is 15.4. The van der Waals surface area contributed by atoms with E-state index in [1.807, 2.05) is 12.1 Å². The minimum Gasteiger partial charge on any atom is -0.261 e. The lowest BCUT2D eigenvalue weighted by molar-refractivity contribution is 0.467. The van der Waals surface area contributed by atoms with E-state index < -0.39 is 10.0 Å². The molecule has 0 atom stereocenters. The molecule has 7 heteroatoms. The predicted molar refractivity (Wildman–Crippen MR) is 91.8 cm³/mol. The van der Waals surface area contributed by atoms with Gasteiger partial charge in [0.2, 0.25) is 10.0 Å². The summed E-state index contributed by atoms with van der Waals surface area (Å²) in [6, 6.07) is 6.63. The van der Waals surface area contributed by atoms with E-state index in [-0.39, 0.29) is 11.8 Å². The molecule has 1 N–H and O–H groups in total. The molecule has 5 nitrogen and oxygen atoms in total. The molecule has 0 bridgehead atoms. The fourth-order valence-electron chi connectivity index (χ4n) is 3.24. The Kier molecular flexibility index (Phi) is 4.03. The summed E-state index contributed by atoms with van der Waals surface area (Å²) in [6.45, 7) is 0.289. The first-order valence-corrected chi connectivity index (χ1v) is 10.7. The van der Waals surface area contributed by atoms with Crippen molar-refractivity contribution in [3.63, 3.8) is 0 Å². The quantitative estimate of drug-likeness (QED) is 0.868. The van der Waals surface area contributed by atoms with Gasteiger partial charge in [-0.1, -0.05) is 18.9 Å². The van der Waals surface area contributed by atoms with Crippen LogP contribution >= 0.6 is 11.3 Å². The van der Waals surface area contributed by atoms with Gasteiger partial charge in [-0.3, -0.25) is 4.68 Å². The highest BCUT2D eigenvalue weighted by Crippen LogP contribution is 2.35. The summed E-state index contributed by atoms with van der Waals surface area (Å²) >= 11 is 1.70. The van der Waals surface area contributed by atoms with Crippen LogP contribution in [0.3, 0.4) is 0 Å². The largest absolute Gasteiger partial charge is 0.261 e. The highest BCUT2D eigenvalue weighted by atomic mass is 32.2. The Hall–Kier alpha value is -1.18. The van der Waals surface area contributed by atoms with Crippen molar-refractivity contribution in [2.24, 2.45) is 0 Å². The van der Waals surface area contributed by atoms with Crippen LogP contribution in [0.25, 0.3) is 10.6 Å². The zero-order valence-corrected chi connectivity index (χ0v) is 14.6. The fourth-order valence-corrected chi connectivity index (χ4v) is 5.31. The lowest BCUT2D eigenvalue weighted by atomic mass is 10.2. The van der Waals surface area contributed by atoms with Gasteiger partial charge in [-0.2, -0.15) is 5.10 Å². The topological polar surface area (TPSA) is 64.0 Å². The maximum Gasteiger partial charge on any atom is 0.214 e. The van der Waals surface area contributed by atoms with E-state index in [4.69, 9.17) is 5.10 Å². The Morgan fingerprint density at radius 3 is 2.70 bits per heavy atom. The van der Waals surface area contributed by atoms with Gasteiger partial charge in [0.1, 0.15) is 0 Å². The Balaban J connectivity index is 1.59. The second-order valence-electron chi connectivity index (χ2n) is 6.45. The van der Waals surface area contributed by atoms with Crippen molar-refractivity contribution < 1.29 is 8.42 Å². The van der Waals surface area contributed by atoms with Gasteiger partial charge in [0.05, 0.1) is 34.1 Å². The van der Waals surface area contributed by atoms with E-state index in [1.54, 1.807) is 11.3 Å². The minimum absolute atomic E-state index is 0.184. The molecule has 2 heterocycles. The van der Waals surface area contributed by atoms with Crippen LogP contribution < -0.4 is 4.72 Å². The molecule has 0 aliphatic heterocycles. The Morgan fingerprint density at radius 1 is 1.26 bits per heavy atom. The lowest BCUT2D eigenvalue weighted by Gasteiger charge is -2.13. The molecule has 2 saturated carbocycles. The molecular weight excluding hydrogens is 330 g/mol. The van der Waals surface area contributed by atoms with Gasteiger partial charge >= 0.3 is 0 Å². The van der Waals surface area contributed by atoms with Gasteiger partial charge < -0.3 is 0 Å². The van der Waals surface area contributed by atoms with Crippen LogP contribution in [-0.2, 0) is 16.6 Å². The standard InChI is InChI=1S/C16H21N3O2S2/c20-23(21,14-7-8-14)17-11-12-10-15(16-6-3-9-22-16)19(18-12)13-4-1-2-5-13/h3,6,9-10,13-14,17H,1-2,4-5,7-8,11H2. The number of nitrogens with one attached hydrogen (secondary N) is 1. The number of aromatic nitrogens is 2. The van der Waals surface area contributed by atoms with Crippen molar-refractivity contribution in [3.8, 4) is 10.6 Å². The molecule has 2 aromatic heterocycles. The summed E-state index contributed by atoms with van der Waals surface area (Å²) in [5.41, 5.74) is 1.93. The molecule has 2 fully saturated rings. The third-order valence-electron chi connectivity index (χ3n) is 4.65. The Morgan fingerprint density at radius 2 is 2.04 bits per heavy atom. The van der Waals surface area contributed by atoms with Crippen LogP contribution in [0.5, 0.6) is 0 Å². The summed E-state index contributed by atoms with van der Waals surface area (Å²) in [7, 11) is -3.16. The molecule has 124 valence electrons. The number of hydrogen-bond acceptors (Lipinski definition) is 4. The summed E-state index contributed by atoms with van der Waals surface area (Å²) in [5, 5.41) is 6.61. The van der Waals surface area contributed by atoms with Crippen LogP contribution in [0.2, 0.25) is 0 Å². The highest BCUT2D eigenvalue weighted by molar-refractivity contribution is 7.90. The first-order chi connectivity index (χ1) is 11.1. The molecule has 2 aliphatic rings. The average molecular weight is 351 g/mol. The Bertz CT molecular complexity index is 770. The third-order valence-corrected chi connectivity index (χ3v) is 7.44. The van der Waals surface area contributed by atoms with Crippen LogP contribution in [0, 0.1) is 0 Å². The average Bonchev–Trinajstić information content (AvgIpc) is 2.99. The van der Waals surface area contributed by atoms with E-state index in [0.29, 0.717) is 6.04 Å². The smallest absolute Gasteiger partial charge is 0.214 e. The molecule has 0 spiro atoms. The second-order valence-corrected chi connectivity index (χ2v) is 9.44. The summed E-state index contributed by atoms with van der Waals surface area (Å²) < 4.78 is 28.8. The fraction of sp³-hybridized carbons (Fsp3) is 0.562. The molecular formula is C16H21N3O2S2. The van der Waals surface area contributed by atoms with Crippen LogP contribution in [0.15, 0.2) is 23.6 Å². The van der Waals surface area contributed by atoms with E-state index in [2.05, 4.69) is 20.9 Å². The lowest BCUT2D eigenvalue weighted by Crippen LogP contribution is -2.27. The molecule has 0 radical (unpaired) electrons. The van der Waals surface area contributed by atoms with E-state index in [1.165, 1.54) is 17.7 Å². The van der Waals surface area contributed by atoms with Gasteiger partial charge in [0.15, 0.2) is 0 Å². The molecule has 23 heavy (non-hydrogen) atoms. The van der Waals surface area contributed by atoms with Gasteiger partial charge in [0.25, 0.3) is 0 Å². The van der Waals surface area contributed by atoms with Crippen LogP contribution in [0.4, 0.5) is 0 Å².